The fourth-order valence-corrected chi connectivity index (χ4v) is 3.72. The van der Waals surface area contributed by atoms with Gasteiger partial charge >= 0.3 is 5.97 Å². The van der Waals surface area contributed by atoms with Crippen LogP contribution in [0, 0.1) is 22.0 Å². The van der Waals surface area contributed by atoms with Crippen LogP contribution < -0.4 is 5.32 Å². The Morgan fingerprint density at radius 3 is 2.32 bits per heavy atom. The molecule has 0 spiro atoms. The van der Waals surface area contributed by atoms with E-state index in [1.54, 1.807) is 20.8 Å². The summed E-state index contributed by atoms with van der Waals surface area (Å²) in [6, 6.07) is 0. The summed E-state index contributed by atoms with van der Waals surface area (Å²) in [6.07, 6.45) is 0.173. The second-order valence-electron chi connectivity index (χ2n) is 8.79. The maximum atomic E-state index is 11.4. The van der Waals surface area contributed by atoms with Gasteiger partial charge in [0, 0.05) is 23.8 Å². The van der Waals surface area contributed by atoms with Gasteiger partial charge in [0.15, 0.2) is 11.6 Å². The second-order valence-corrected chi connectivity index (χ2v) is 8.79. The standard InChI is InChI=1S/C11H19NO6.C9H15NO3/c1-4-16-10(13)5-8(6-12(14)15)9-7-17-11(2,3)18-9;1-9(2)12-5-7(13-9)6-3-8(11)10-4-6/h8-9H,4-7H2,1-3H3;6-7H,3-5H2,1-2H3,(H,10,11)/t8-,9+;6-,7+/m00/s1. The maximum Gasteiger partial charge on any atom is 0.306 e. The molecular formula is C20H34N2O9. The first-order valence-corrected chi connectivity index (χ1v) is 10.6. The molecule has 0 aromatic rings. The van der Waals surface area contributed by atoms with Crippen molar-refractivity contribution in [3.8, 4) is 0 Å². The Labute approximate surface area is 182 Å². The van der Waals surface area contributed by atoms with Crippen LogP contribution >= 0.6 is 0 Å². The molecule has 31 heavy (non-hydrogen) atoms. The molecule has 0 unspecified atom stereocenters. The lowest BCUT2D eigenvalue weighted by Gasteiger charge is -2.21. The fourth-order valence-electron chi connectivity index (χ4n) is 3.72. The van der Waals surface area contributed by atoms with Crippen molar-refractivity contribution in [3.63, 3.8) is 0 Å². The molecule has 3 aliphatic rings. The number of carbonyl (C=O) groups excluding carboxylic acids is 2. The Hall–Kier alpha value is -1.82. The first-order chi connectivity index (χ1) is 14.4. The lowest BCUT2D eigenvalue weighted by atomic mass is 9.99. The zero-order valence-corrected chi connectivity index (χ0v) is 18.9. The topological polar surface area (TPSA) is 135 Å². The van der Waals surface area contributed by atoms with Gasteiger partial charge in [-0.05, 0) is 34.6 Å². The highest BCUT2D eigenvalue weighted by Crippen LogP contribution is 2.30. The van der Waals surface area contributed by atoms with Crippen molar-refractivity contribution in [1.82, 2.24) is 5.32 Å². The van der Waals surface area contributed by atoms with Crippen molar-refractivity contribution in [2.24, 2.45) is 11.8 Å². The van der Waals surface area contributed by atoms with E-state index >= 15 is 0 Å². The van der Waals surface area contributed by atoms with Crippen LogP contribution in [0.25, 0.3) is 0 Å². The van der Waals surface area contributed by atoms with Gasteiger partial charge < -0.3 is 29.0 Å². The van der Waals surface area contributed by atoms with Crippen LogP contribution in [0.4, 0.5) is 0 Å². The molecule has 11 nitrogen and oxygen atoms in total. The van der Waals surface area contributed by atoms with Gasteiger partial charge in [-0.2, -0.15) is 0 Å². The lowest BCUT2D eigenvalue weighted by molar-refractivity contribution is -0.490. The van der Waals surface area contributed by atoms with Crippen molar-refractivity contribution < 1.29 is 38.2 Å². The molecule has 3 rings (SSSR count). The molecule has 0 aromatic carbocycles. The third-order valence-electron chi connectivity index (χ3n) is 5.24. The predicted octanol–water partition coefficient (Wildman–Crippen LogP) is 1.26. The highest BCUT2D eigenvalue weighted by Gasteiger charge is 2.41. The second kappa shape index (κ2) is 10.7. The molecule has 0 saturated carbocycles. The van der Waals surface area contributed by atoms with Crippen LogP contribution in [0.1, 0.15) is 47.5 Å². The van der Waals surface area contributed by atoms with Gasteiger partial charge in [-0.1, -0.05) is 0 Å². The first-order valence-electron chi connectivity index (χ1n) is 10.6. The number of nitrogens with one attached hydrogen (secondary N) is 1. The van der Waals surface area contributed by atoms with Crippen molar-refractivity contribution >= 4 is 11.9 Å². The molecule has 3 heterocycles. The molecule has 3 saturated heterocycles. The van der Waals surface area contributed by atoms with Crippen molar-refractivity contribution in [2.75, 3.05) is 32.9 Å². The number of ether oxygens (including phenoxy) is 5. The average molecular weight is 446 g/mol. The minimum absolute atomic E-state index is 0.0288. The summed E-state index contributed by atoms with van der Waals surface area (Å²) >= 11 is 0. The Bertz CT molecular complexity index is 653. The quantitative estimate of drug-likeness (QED) is 0.348. The fraction of sp³-hybridized carbons (Fsp3) is 0.900. The summed E-state index contributed by atoms with van der Waals surface area (Å²) in [5.74, 6) is -1.80. The van der Waals surface area contributed by atoms with E-state index in [2.05, 4.69) is 5.32 Å². The highest BCUT2D eigenvalue weighted by molar-refractivity contribution is 5.78. The van der Waals surface area contributed by atoms with Gasteiger partial charge in [-0.3, -0.25) is 19.7 Å². The molecule has 178 valence electrons. The number of amides is 1. The van der Waals surface area contributed by atoms with Gasteiger partial charge in [-0.15, -0.1) is 0 Å². The Morgan fingerprint density at radius 1 is 1.23 bits per heavy atom. The third kappa shape index (κ3) is 8.32. The monoisotopic (exact) mass is 446 g/mol. The summed E-state index contributed by atoms with van der Waals surface area (Å²) in [7, 11) is 0. The van der Waals surface area contributed by atoms with Gasteiger partial charge in [0.2, 0.25) is 12.5 Å². The molecule has 4 atom stereocenters. The molecule has 1 amide bonds. The van der Waals surface area contributed by atoms with Gasteiger partial charge in [-0.25, -0.2) is 0 Å². The minimum Gasteiger partial charge on any atom is -0.466 e. The van der Waals surface area contributed by atoms with E-state index in [1.807, 2.05) is 13.8 Å². The van der Waals surface area contributed by atoms with Crippen LogP contribution in [0.15, 0.2) is 0 Å². The van der Waals surface area contributed by atoms with E-state index in [4.69, 9.17) is 23.7 Å². The van der Waals surface area contributed by atoms with Crippen molar-refractivity contribution in [3.05, 3.63) is 10.1 Å². The molecule has 1 N–H and O–H groups in total. The molecule has 0 bridgehead atoms. The molecule has 3 aliphatic heterocycles. The lowest BCUT2D eigenvalue weighted by Crippen LogP contribution is -2.33. The zero-order chi connectivity index (χ0) is 23.2. The summed E-state index contributed by atoms with van der Waals surface area (Å²) in [6.45, 7) is 10.5. The largest absolute Gasteiger partial charge is 0.466 e. The maximum absolute atomic E-state index is 11.4. The number of carbonyl (C=O) groups is 2. The highest BCUT2D eigenvalue weighted by atomic mass is 16.7. The summed E-state index contributed by atoms with van der Waals surface area (Å²) in [4.78, 5) is 32.6. The van der Waals surface area contributed by atoms with E-state index in [9.17, 15) is 19.7 Å². The Morgan fingerprint density at radius 2 is 1.87 bits per heavy atom. The van der Waals surface area contributed by atoms with E-state index < -0.39 is 34.5 Å². The number of nitro groups is 1. The normalized spacial score (nSPS) is 29.6. The van der Waals surface area contributed by atoms with Crippen LogP contribution in [0.2, 0.25) is 0 Å². The molecule has 0 aromatic heterocycles. The SMILES string of the molecule is CC1(C)OC[C@H]([C@@H]2CNC(=O)C2)O1.CCOC(=O)C[C@@H](C[N+](=O)[O-])[C@H]1COC(C)(C)O1. The van der Waals surface area contributed by atoms with E-state index in [-0.39, 0.29) is 44.1 Å². The van der Waals surface area contributed by atoms with Crippen LogP contribution in [-0.2, 0) is 33.3 Å². The number of rotatable bonds is 7. The smallest absolute Gasteiger partial charge is 0.306 e. The number of hydrogen-bond acceptors (Lipinski definition) is 9. The van der Waals surface area contributed by atoms with Crippen LogP contribution in [-0.4, -0.2) is 73.5 Å². The van der Waals surface area contributed by atoms with Crippen LogP contribution in [0.5, 0.6) is 0 Å². The Kier molecular flexibility index (Phi) is 8.75. The van der Waals surface area contributed by atoms with Gasteiger partial charge in [0.05, 0.1) is 44.4 Å². The molecule has 11 heteroatoms. The van der Waals surface area contributed by atoms with Crippen LogP contribution in [0.3, 0.4) is 0 Å². The third-order valence-corrected chi connectivity index (χ3v) is 5.24. The van der Waals surface area contributed by atoms with Gasteiger partial charge in [0.1, 0.15) is 0 Å². The van der Waals surface area contributed by atoms with Crippen molar-refractivity contribution in [2.45, 2.75) is 71.2 Å². The summed E-state index contributed by atoms with van der Waals surface area (Å²) in [5, 5.41) is 13.4. The van der Waals surface area contributed by atoms with Crippen molar-refractivity contribution in [1.29, 1.82) is 0 Å². The Balaban J connectivity index is 0.000000231. The molecular weight excluding hydrogens is 412 g/mol. The first kappa shape index (κ1) is 25.4. The summed E-state index contributed by atoms with van der Waals surface area (Å²) < 4.78 is 26.8. The minimum atomic E-state index is -0.756. The van der Waals surface area contributed by atoms with E-state index in [1.165, 1.54) is 0 Å². The summed E-state index contributed by atoms with van der Waals surface area (Å²) in [5.41, 5.74) is 0. The molecule has 0 radical (unpaired) electrons. The predicted molar refractivity (Wildman–Crippen MR) is 108 cm³/mol. The molecule has 0 aliphatic carbocycles. The molecule has 3 fully saturated rings. The van der Waals surface area contributed by atoms with E-state index in [0.717, 1.165) is 6.54 Å². The van der Waals surface area contributed by atoms with Gasteiger partial charge in [0.25, 0.3) is 0 Å². The average Bonchev–Trinajstić information content (AvgIpc) is 3.33. The number of nitrogens with zero attached hydrogens (tertiary/aromatic N) is 1. The zero-order valence-electron chi connectivity index (χ0n) is 18.9. The van der Waals surface area contributed by atoms with E-state index in [0.29, 0.717) is 13.0 Å². The number of esters is 1. The number of hydrogen-bond donors (Lipinski definition) is 1.